The van der Waals surface area contributed by atoms with Gasteiger partial charge in [0, 0.05) is 20.0 Å². The fraction of sp³-hybridized carbons (Fsp3) is 0.429. The van der Waals surface area contributed by atoms with Crippen molar-refractivity contribution < 1.29 is 14.3 Å². The molecule has 0 radical (unpaired) electrons. The fourth-order valence-corrected chi connectivity index (χ4v) is 2.28. The number of carbonyl (C=O) groups excluding carboxylic acids is 2. The first-order chi connectivity index (χ1) is 9.17. The van der Waals surface area contributed by atoms with Gasteiger partial charge in [0.25, 0.3) is 0 Å². The third-order valence-electron chi connectivity index (χ3n) is 3.20. The average molecular weight is 262 g/mol. The van der Waals surface area contributed by atoms with Gasteiger partial charge in [0.05, 0.1) is 18.2 Å². The second kappa shape index (κ2) is 5.73. The van der Waals surface area contributed by atoms with Crippen molar-refractivity contribution in [2.75, 3.05) is 25.1 Å². The first-order valence-corrected chi connectivity index (χ1v) is 6.41. The molecule has 1 aromatic rings. The van der Waals surface area contributed by atoms with E-state index >= 15 is 0 Å². The largest absolute Gasteiger partial charge is 0.492 e. The van der Waals surface area contributed by atoms with Crippen molar-refractivity contribution in [2.24, 2.45) is 5.92 Å². The minimum Gasteiger partial charge on any atom is -0.492 e. The number of para-hydroxylation sites is 2. The van der Waals surface area contributed by atoms with Crippen LogP contribution >= 0.6 is 0 Å². The fourth-order valence-electron chi connectivity index (χ4n) is 2.28. The van der Waals surface area contributed by atoms with E-state index in [1.54, 1.807) is 11.9 Å². The van der Waals surface area contributed by atoms with Crippen LogP contribution in [0.15, 0.2) is 24.3 Å². The highest BCUT2D eigenvalue weighted by Gasteiger charge is 2.35. The zero-order valence-electron chi connectivity index (χ0n) is 11.2. The predicted molar refractivity (Wildman–Crippen MR) is 72.1 cm³/mol. The number of hydrogen-bond acceptors (Lipinski definition) is 3. The molecule has 0 aromatic heterocycles. The van der Waals surface area contributed by atoms with Crippen molar-refractivity contribution in [3.63, 3.8) is 0 Å². The van der Waals surface area contributed by atoms with Gasteiger partial charge in [-0.2, -0.15) is 0 Å². The molecule has 1 aromatic carbocycles. The van der Waals surface area contributed by atoms with E-state index in [2.05, 4.69) is 5.32 Å². The molecular formula is C14H18N2O3. The number of benzene rings is 1. The van der Waals surface area contributed by atoms with Crippen molar-refractivity contribution in [1.82, 2.24) is 5.32 Å². The molecule has 2 amide bonds. The molecular weight excluding hydrogens is 244 g/mol. The van der Waals surface area contributed by atoms with Gasteiger partial charge in [-0.25, -0.2) is 0 Å². The predicted octanol–water partition coefficient (Wildman–Crippen LogP) is 1.18. The SMILES string of the molecule is CCOc1ccccc1N1C[C@H](C(=O)NC)CC1=O. The molecule has 1 saturated heterocycles. The van der Waals surface area contributed by atoms with E-state index in [-0.39, 0.29) is 24.2 Å². The standard InChI is InChI=1S/C14H18N2O3/c1-3-19-12-7-5-4-6-11(12)16-9-10(8-13(16)17)14(18)15-2/h4-7,10H,3,8-9H2,1-2H3,(H,15,18)/t10-/m1/s1. The van der Waals surface area contributed by atoms with E-state index in [1.807, 2.05) is 31.2 Å². The molecule has 0 spiro atoms. The second-order valence-corrected chi connectivity index (χ2v) is 4.42. The Labute approximate surface area is 112 Å². The van der Waals surface area contributed by atoms with E-state index in [0.29, 0.717) is 18.9 Å². The smallest absolute Gasteiger partial charge is 0.227 e. The van der Waals surface area contributed by atoms with Crippen LogP contribution < -0.4 is 15.0 Å². The van der Waals surface area contributed by atoms with E-state index in [0.717, 1.165) is 5.69 Å². The molecule has 1 heterocycles. The number of hydrogen-bond donors (Lipinski definition) is 1. The summed E-state index contributed by atoms with van der Waals surface area (Å²) in [5, 5.41) is 2.59. The van der Waals surface area contributed by atoms with Gasteiger partial charge >= 0.3 is 0 Å². The molecule has 1 aliphatic heterocycles. The Morgan fingerprint density at radius 1 is 1.47 bits per heavy atom. The summed E-state index contributed by atoms with van der Waals surface area (Å²) >= 11 is 0. The van der Waals surface area contributed by atoms with Gasteiger partial charge in [0.2, 0.25) is 11.8 Å². The Balaban J connectivity index is 2.23. The minimum atomic E-state index is -0.285. The van der Waals surface area contributed by atoms with Gasteiger partial charge in [-0.05, 0) is 19.1 Å². The molecule has 5 nitrogen and oxygen atoms in total. The van der Waals surface area contributed by atoms with Gasteiger partial charge in [0.15, 0.2) is 0 Å². The van der Waals surface area contributed by atoms with E-state index in [4.69, 9.17) is 4.74 Å². The van der Waals surface area contributed by atoms with Crippen LogP contribution in [0.4, 0.5) is 5.69 Å². The zero-order chi connectivity index (χ0) is 13.8. The monoisotopic (exact) mass is 262 g/mol. The first kappa shape index (κ1) is 13.4. The summed E-state index contributed by atoms with van der Waals surface area (Å²) < 4.78 is 5.53. The second-order valence-electron chi connectivity index (χ2n) is 4.42. The highest BCUT2D eigenvalue weighted by molar-refractivity contribution is 6.01. The minimum absolute atomic E-state index is 0.0410. The number of rotatable bonds is 4. The molecule has 0 aliphatic carbocycles. The lowest BCUT2D eigenvalue weighted by Crippen LogP contribution is -2.30. The third kappa shape index (κ3) is 2.70. The normalized spacial score (nSPS) is 18.5. The lowest BCUT2D eigenvalue weighted by atomic mass is 10.1. The molecule has 5 heteroatoms. The van der Waals surface area contributed by atoms with Crippen LogP contribution in [0.1, 0.15) is 13.3 Å². The summed E-state index contributed by atoms with van der Waals surface area (Å²) in [5.74, 6) is 0.258. The van der Waals surface area contributed by atoms with Crippen LogP contribution in [-0.4, -0.2) is 32.0 Å². The van der Waals surface area contributed by atoms with E-state index < -0.39 is 0 Å². The Hall–Kier alpha value is -2.04. The van der Waals surface area contributed by atoms with Gasteiger partial charge < -0.3 is 15.0 Å². The number of anilines is 1. The highest BCUT2D eigenvalue weighted by atomic mass is 16.5. The van der Waals surface area contributed by atoms with E-state index in [9.17, 15) is 9.59 Å². The maximum absolute atomic E-state index is 12.1. The van der Waals surface area contributed by atoms with Crippen LogP contribution in [0.25, 0.3) is 0 Å². The Kier molecular flexibility index (Phi) is 4.04. The molecule has 1 N–H and O–H groups in total. The van der Waals surface area contributed by atoms with Crippen molar-refractivity contribution >= 4 is 17.5 Å². The van der Waals surface area contributed by atoms with Crippen molar-refractivity contribution in [3.05, 3.63) is 24.3 Å². The van der Waals surface area contributed by atoms with Crippen molar-refractivity contribution in [2.45, 2.75) is 13.3 Å². The molecule has 102 valence electrons. The molecule has 1 atom stereocenters. The van der Waals surface area contributed by atoms with Gasteiger partial charge in [-0.1, -0.05) is 12.1 Å². The summed E-state index contributed by atoms with van der Waals surface area (Å²) in [4.78, 5) is 25.3. The Morgan fingerprint density at radius 3 is 2.89 bits per heavy atom. The van der Waals surface area contributed by atoms with E-state index in [1.165, 1.54) is 0 Å². The number of ether oxygens (including phenoxy) is 1. The molecule has 1 fully saturated rings. The van der Waals surface area contributed by atoms with Gasteiger partial charge in [-0.3, -0.25) is 9.59 Å². The van der Waals surface area contributed by atoms with Crippen LogP contribution in [0.3, 0.4) is 0 Å². The van der Waals surface area contributed by atoms with Crippen LogP contribution in [-0.2, 0) is 9.59 Å². The van der Waals surface area contributed by atoms with Crippen LogP contribution in [0.5, 0.6) is 5.75 Å². The number of carbonyl (C=O) groups is 2. The van der Waals surface area contributed by atoms with Crippen molar-refractivity contribution in [3.8, 4) is 5.75 Å². The summed E-state index contributed by atoms with van der Waals surface area (Å²) in [6, 6.07) is 7.40. The lowest BCUT2D eigenvalue weighted by molar-refractivity contribution is -0.125. The molecule has 1 aliphatic rings. The number of nitrogens with zero attached hydrogens (tertiary/aromatic N) is 1. The van der Waals surface area contributed by atoms with Crippen molar-refractivity contribution in [1.29, 1.82) is 0 Å². The summed E-state index contributed by atoms with van der Waals surface area (Å²) in [6.07, 6.45) is 0.250. The summed E-state index contributed by atoms with van der Waals surface area (Å²) in [6.45, 7) is 2.84. The quantitative estimate of drug-likeness (QED) is 0.886. The number of nitrogens with one attached hydrogen (secondary N) is 1. The molecule has 0 bridgehead atoms. The molecule has 0 unspecified atom stereocenters. The molecule has 19 heavy (non-hydrogen) atoms. The molecule has 0 saturated carbocycles. The summed E-state index contributed by atoms with van der Waals surface area (Å²) in [7, 11) is 1.59. The molecule has 2 rings (SSSR count). The zero-order valence-corrected chi connectivity index (χ0v) is 11.2. The maximum atomic E-state index is 12.1. The van der Waals surface area contributed by atoms with Gasteiger partial charge in [0.1, 0.15) is 5.75 Å². The highest BCUT2D eigenvalue weighted by Crippen LogP contribution is 2.32. The van der Waals surface area contributed by atoms with Crippen LogP contribution in [0, 0.1) is 5.92 Å². The van der Waals surface area contributed by atoms with Gasteiger partial charge in [-0.15, -0.1) is 0 Å². The maximum Gasteiger partial charge on any atom is 0.227 e. The summed E-state index contributed by atoms with van der Waals surface area (Å²) in [5.41, 5.74) is 0.737. The van der Waals surface area contributed by atoms with Crippen LogP contribution in [0.2, 0.25) is 0 Å². The average Bonchev–Trinajstić information content (AvgIpc) is 2.81. The third-order valence-corrected chi connectivity index (χ3v) is 3.20. The Morgan fingerprint density at radius 2 is 2.21 bits per heavy atom. The topological polar surface area (TPSA) is 58.6 Å². The lowest BCUT2D eigenvalue weighted by Gasteiger charge is -2.19. The number of amides is 2. The Bertz CT molecular complexity index is 487. The first-order valence-electron chi connectivity index (χ1n) is 6.41.